The molecular weight excluding hydrogens is 311 g/mol. The molecule has 1 aliphatic rings. The van der Waals surface area contributed by atoms with Crippen LogP contribution in [-0.4, -0.2) is 34.7 Å². The van der Waals surface area contributed by atoms with Crippen LogP contribution in [0.1, 0.15) is 24.7 Å². The van der Waals surface area contributed by atoms with E-state index in [0.29, 0.717) is 27.3 Å². The van der Waals surface area contributed by atoms with Crippen molar-refractivity contribution >= 4 is 23.2 Å². The Morgan fingerprint density at radius 3 is 2.76 bits per heavy atom. The van der Waals surface area contributed by atoms with Gasteiger partial charge in [0.25, 0.3) is 5.89 Å². The molecule has 1 unspecified atom stereocenters. The number of rotatable bonds is 4. The van der Waals surface area contributed by atoms with E-state index >= 15 is 0 Å². The third-order valence-electron chi connectivity index (χ3n) is 3.59. The van der Waals surface area contributed by atoms with Gasteiger partial charge in [-0.1, -0.05) is 28.4 Å². The predicted molar refractivity (Wildman–Crippen MR) is 82.4 cm³/mol. The molecule has 112 valence electrons. The van der Waals surface area contributed by atoms with Gasteiger partial charge < -0.3 is 15.2 Å². The molecule has 21 heavy (non-hydrogen) atoms. The molecule has 0 aliphatic carbocycles. The van der Waals surface area contributed by atoms with Crippen molar-refractivity contribution in [3.05, 3.63) is 34.1 Å². The zero-order valence-corrected chi connectivity index (χ0v) is 12.9. The molecule has 1 aromatic heterocycles. The molecular formula is C14H16Cl2N4O. The summed E-state index contributed by atoms with van der Waals surface area (Å²) in [5.74, 6) is 0.867. The van der Waals surface area contributed by atoms with Gasteiger partial charge in [-0.15, -0.1) is 0 Å². The molecule has 3 rings (SSSR count). The fraction of sp³-hybridized carbons (Fsp3) is 0.429. The van der Waals surface area contributed by atoms with Crippen LogP contribution in [0.2, 0.25) is 10.0 Å². The standard InChI is InChI=1S/C14H16Cl2N4O/c15-9-3-4-10(11(16)7-9)14-18-13(19-21-14)12(17)8-20-5-1-2-6-20/h3-4,7,12H,1-2,5-6,8,17H2. The first kappa shape index (κ1) is 14.8. The van der Waals surface area contributed by atoms with Crippen LogP contribution in [-0.2, 0) is 0 Å². The number of hydrogen-bond acceptors (Lipinski definition) is 5. The molecule has 1 fully saturated rings. The first-order valence-corrected chi connectivity index (χ1v) is 7.66. The number of halogens is 2. The van der Waals surface area contributed by atoms with E-state index in [4.69, 9.17) is 33.5 Å². The van der Waals surface area contributed by atoms with E-state index in [2.05, 4.69) is 15.0 Å². The lowest BCUT2D eigenvalue weighted by Gasteiger charge is -2.17. The molecule has 1 aromatic carbocycles. The monoisotopic (exact) mass is 326 g/mol. The lowest BCUT2D eigenvalue weighted by atomic mass is 10.2. The number of benzene rings is 1. The second-order valence-electron chi connectivity index (χ2n) is 5.20. The molecule has 0 amide bonds. The summed E-state index contributed by atoms with van der Waals surface area (Å²) in [6.45, 7) is 2.91. The van der Waals surface area contributed by atoms with Crippen molar-refractivity contribution in [3.8, 4) is 11.5 Å². The van der Waals surface area contributed by atoms with E-state index in [1.54, 1.807) is 18.2 Å². The van der Waals surface area contributed by atoms with Crippen LogP contribution in [0.25, 0.3) is 11.5 Å². The van der Waals surface area contributed by atoms with Gasteiger partial charge in [-0.05, 0) is 44.1 Å². The SMILES string of the molecule is NC(CN1CCCC1)c1noc(-c2ccc(Cl)cc2Cl)n1. The van der Waals surface area contributed by atoms with Crippen molar-refractivity contribution < 1.29 is 4.52 Å². The molecule has 7 heteroatoms. The van der Waals surface area contributed by atoms with Gasteiger partial charge in [-0.2, -0.15) is 4.98 Å². The van der Waals surface area contributed by atoms with Crippen molar-refractivity contribution in [2.45, 2.75) is 18.9 Å². The van der Waals surface area contributed by atoms with Gasteiger partial charge in [0.2, 0.25) is 0 Å². The van der Waals surface area contributed by atoms with Crippen LogP contribution < -0.4 is 5.73 Å². The van der Waals surface area contributed by atoms with E-state index < -0.39 is 0 Å². The Bertz CT molecular complexity index is 625. The Morgan fingerprint density at radius 2 is 2.05 bits per heavy atom. The minimum Gasteiger partial charge on any atom is -0.334 e. The van der Waals surface area contributed by atoms with Crippen molar-refractivity contribution in [1.82, 2.24) is 15.0 Å². The number of likely N-dealkylation sites (tertiary alicyclic amines) is 1. The van der Waals surface area contributed by atoms with E-state index in [1.807, 2.05) is 0 Å². The summed E-state index contributed by atoms with van der Waals surface area (Å²) < 4.78 is 5.27. The molecule has 0 radical (unpaired) electrons. The van der Waals surface area contributed by atoms with Crippen LogP contribution in [0, 0.1) is 0 Å². The van der Waals surface area contributed by atoms with E-state index in [-0.39, 0.29) is 6.04 Å². The van der Waals surface area contributed by atoms with Gasteiger partial charge in [0.05, 0.1) is 16.6 Å². The fourth-order valence-electron chi connectivity index (χ4n) is 2.48. The average Bonchev–Trinajstić information content (AvgIpc) is 3.09. The Kier molecular flexibility index (Phi) is 4.45. The van der Waals surface area contributed by atoms with Crippen molar-refractivity contribution in [3.63, 3.8) is 0 Å². The molecule has 5 nitrogen and oxygen atoms in total. The highest BCUT2D eigenvalue weighted by Gasteiger charge is 2.21. The summed E-state index contributed by atoms with van der Waals surface area (Å²) in [4.78, 5) is 6.67. The van der Waals surface area contributed by atoms with Gasteiger partial charge in [0.1, 0.15) is 0 Å². The summed E-state index contributed by atoms with van der Waals surface area (Å²) >= 11 is 12.0. The minimum absolute atomic E-state index is 0.258. The number of nitrogens with two attached hydrogens (primary N) is 1. The van der Waals surface area contributed by atoms with Gasteiger partial charge in [-0.3, -0.25) is 0 Å². The summed E-state index contributed by atoms with van der Waals surface area (Å²) in [5.41, 5.74) is 6.81. The van der Waals surface area contributed by atoms with Crippen LogP contribution in [0.15, 0.2) is 22.7 Å². The Balaban J connectivity index is 1.76. The molecule has 2 N–H and O–H groups in total. The maximum atomic E-state index is 6.15. The lowest BCUT2D eigenvalue weighted by molar-refractivity contribution is 0.306. The van der Waals surface area contributed by atoms with Gasteiger partial charge >= 0.3 is 0 Å². The van der Waals surface area contributed by atoms with Crippen LogP contribution in [0.5, 0.6) is 0 Å². The largest absolute Gasteiger partial charge is 0.334 e. The normalized spacial score (nSPS) is 17.3. The van der Waals surface area contributed by atoms with Gasteiger partial charge in [-0.25, -0.2) is 0 Å². The number of nitrogens with zero attached hydrogens (tertiary/aromatic N) is 3. The number of aromatic nitrogens is 2. The summed E-state index contributed by atoms with van der Waals surface area (Å²) in [5, 5.41) is 5.01. The maximum Gasteiger partial charge on any atom is 0.259 e. The number of hydrogen-bond donors (Lipinski definition) is 1. The first-order valence-electron chi connectivity index (χ1n) is 6.90. The molecule has 0 saturated carbocycles. The third kappa shape index (κ3) is 3.37. The smallest absolute Gasteiger partial charge is 0.259 e. The maximum absolute atomic E-state index is 6.15. The quantitative estimate of drug-likeness (QED) is 0.934. The van der Waals surface area contributed by atoms with E-state index in [9.17, 15) is 0 Å². The Labute approximate surface area is 133 Å². The second kappa shape index (κ2) is 6.32. The van der Waals surface area contributed by atoms with E-state index in [0.717, 1.165) is 19.6 Å². The molecule has 0 spiro atoms. The van der Waals surface area contributed by atoms with E-state index in [1.165, 1.54) is 12.8 Å². The molecule has 2 aromatic rings. The fourth-order valence-corrected chi connectivity index (χ4v) is 2.97. The lowest BCUT2D eigenvalue weighted by Crippen LogP contribution is -2.30. The highest BCUT2D eigenvalue weighted by atomic mass is 35.5. The Morgan fingerprint density at radius 1 is 1.29 bits per heavy atom. The molecule has 1 atom stereocenters. The van der Waals surface area contributed by atoms with Crippen LogP contribution >= 0.6 is 23.2 Å². The molecule has 2 heterocycles. The van der Waals surface area contributed by atoms with Gasteiger partial charge in [0.15, 0.2) is 5.82 Å². The minimum atomic E-state index is -0.258. The summed E-state index contributed by atoms with van der Waals surface area (Å²) in [6.07, 6.45) is 2.45. The van der Waals surface area contributed by atoms with Crippen LogP contribution in [0.4, 0.5) is 0 Å². The Hall–Kier alpha value is -1.14. The molecule has 1 aliphatic heterocycles. The summed E-state index contributed by atoms with van der Waals surface area (Å²) in [7, 11) is 0. The average molecular weight is 327 g/mol. The molecule has 0 bridgehead atoms. The zero-order valence-electron chi connectivity index (χ0n) is 11.4. The second-order valence-corrected chi connectivity index (χ2v) is 6.04. The van der Waals surface area contributed by atoms with Crippen molar-refractivity contribution in [2.75, 3.05) is 19.6 Å². The topological polar surface area (TPSA) is 68.2 Å². The van der Waals surface area contributed by atoms with Crippen LogP contribution in [0.3, 0.4) is 0 Å². The first-order chi connectivity index (χ1) is 10.1. The van der Waals surface area contributed by atoms with Crippen molar-refractivity contribution in [2.24, 2.45) is 5.73 Å². The van der Waals surface area contributed by atoms with Crippen molar-refractivity contribution in [1.29, 1.82) is 0 Å². The van der Waals surface area contributed by atoms with Gasteiger partial charge in [0, 0.05) is 11.6 Å². The summed E-state index contributed by atoms with van der Waals surface area (Å²) in [6, 6.07) is 4.88. The molecule has 1 saturated heterocycles. The highest BCUT2D eigenvalue weighted by Crippen LogP contribution is 2.29. The zero-order chi connectivity index (χ0) is 14.8. The highest BCUT2D eigenvalue weighted by molar-refractivity contribution is 6.36. The predicted octanol–water partition coefficient (Wildman–Crippen LogP) is 3.14. The third-order valence-corrected chi connectivity index (χ3v) is 4.14.